The number of hydrogen-bond donors (Lipinski definition) is 2. The van der Waals surface area contributed by atoms with Crippen molar-refractivity contribution in [3.8, 4) is 5.75 Å². The molecule has 5 nitrogen and oxygen atoms in total. The molecule has 0 aliphatic rings. The fourth-order valence-corrected chi connectivity index (χ4v) is 2.56. The molecule has 2 aromatic carbocycles. The largest absolute Gasteiger partial charge is 0.497 e. The first-order valence-corrected chi connectivity index (χ1v) is 8.27. The normalized spacial score (nSPS) is 11.6. The fourth-order valence-electron chi connectivity index (χ4n) is 2.56. The minimum absolute atomic E-state index is 0.239. The van der Waals surface area contributed by atoms with Crippen molar-refractivity contribution in [1.29, 1.82) is 0 Å². The van der Waals surface area contributed by atoms with Crippen LogP contribution in [-0.2, 0) is 22.4 Å². The summed E-state index contributed by atoms with van der Waals surface area (Å²) in [6.07, 6.45) is 1.99. The molecule has 25 heavy (non-hydrogen) atoms. The molecule has 0 saturated carbocycles. The van der Waals surface area contributed by atoms with Gasteiger partial charge >= 0.3 is 5.97 Å². The Kier molecular flexibility index (Phi) is 7.01. The lowest BCUT2D eigenvalue weighted by Gasteiger charge is -2.14. The van der Waals surface area contributed by atoms with Crippen molar-refractivity contribution in [2.75, 3.05) is 7.11 Å². The highest BCUT2D eigenvalue weighted by Crippen LogP contribution is 2.13. The van der Waals surface area contributed by atoms with E-state index in [1.807, 2.05) is 54.6 Å². The first-order valence-electron chi connectivity index (χ1n) is 8.27. The van der Waals surface area contributed by atoms with E-state index in [4.69, 9.17) is 4.74 Å². The quantitative estimate of drug-likeness (QED) is 0.735. The molecule has 132 valence electrons. The van der Waals surface area contributed by atoms with Gasteiger partial charge in [-0.25, -0.2) is 4.79 Å². The van der Waals surface area contributed by atoms with Crippen molar-refractivity contribution in [2.24, 2.45) is 0 Å². The van der Waals surface area contributed by atoms with Gasteiger partial charge in [0.25, 0.3) is 0 Å². The van der Waals surface area contributed by atoms with Gasteiger partial charge < -0.3 is 15.2 Å². The average Bonchev–Trinajstić information content (AvgIpc) is 2.62. The summed E-state index contributed by atoms with van der Waals surface area (Å²) in [7, 11) is 1.62. The van der Waals surface area contributed by atoms with Gasteiger partial charge in [0.2, 0.25) is 5.91 Å². The highest BCUT2D eigenvalue weighted by atomic mass is 16.5. The molecule has 2 rings (SSSR count). The van der Waals surface area contributed by atoms with E-state index >= 15 is 0 Å². The molecule has 0 aliphatic carbocycles. The van der Waals surface area contributed by atoms with Gasteiger partial charge in [0.1, 0.15) is 11.8 Å². The summed E-state index contributed by atoms with van der Waals surface area (Å²) in [5, 5.41) is 11.9. The van der Waals surface area contributed by atoms with E-state index in [0.29, 0.717) is 12.8 Å². The smallest absolute Gasteiger partial charge is 0.326 e. The van der Waals surface area contributed by atoms with Crippen molar-refractivity contribution < 1.29 is 19.4 Å². The van der Waals surface area contributed by atoms with Gasteiger partial charge in [-0.05, 0) is 36.1 Å². The summed E-state index contributed by atoms with van der Waals surface area (Å²) in [5.41, 5.74) is 2.00. The van der Waals surface area contributed by atoms with Crippen molar-refractivity contribution in [2.45, 2.75) is 31.7 Å². The molecule has 0 aromatic heterocycles. The maximum atomic E-state index is 12.0. The second-order valence-electron chi connectivity index (χ2n) is 5.85. The summed E-state index contributed by atoms with van der Waals surface area (Å²) in [6.45, 7) is 0. The number of rotatable bonds is 9. The number of carboxylic acids is 1. The summed E-state index contributed by atoms with van der Waals surface area (Å²) in [6, 6.07) is 16.1. The summed E-state index contributed by atoms with van der Waals surface area (Å²) >= 11 is 0. The van der Waals surface area contributed by atoms with Crippen molar-refractivity contribution >= 4 is 11.9 Å². The Morgan fingerprint density at radius 3 is 2.32 bits per heavy atom. The van der Waals surface area contributed by atoms with E-state index in [0.717, 1.165) is 23.3 Å². The predicted molar refractivity (Wildman–Crippen MR) is 95.6 cm³/mol. The number of carbonyl (C=O) groups excluding carboxylic acids is 1. The summed E-state index contributed by atoms with van der Waals surface area (Å²) in [4.78, 5) is 23.4. The average molecular weight is 341 g/mol. The van der Waals surface area contributed by atoms with Crippen LogP contribution in [0.2, 0.25) is 0 Å². The number of benzene rings is 2. The van der Waals surface area contributed by atoms with Gasteiger partial charge in [-0.1, -0.05) is 42.5 Å². The maximum absolute atomic E-state index is 12.0. The molecule has 0 spiro atoms. The number of ether oxygens (including phenoxy) is 1. The third-order valence-electron chi connectivity index (χ3n) is 3.94. The number of amides is 1. The number of hydrogen-bond acceptors (Lipinski definition) is 3. The van der Waals surface area contributed by atoms with E-state index in [2.05, 4.69) is 5.32 Å². The lowest BCUT2D eigenvalue weighted by Crippen LogP contribution is -2.42. The zero-order valence-corrected chi connectivity index (χ0v) is 14.3. The predicted octanol–water partition coefficient (Wildman–Crippen LogP) is 2.83. The maximum Gasteiger partial charge on any atom is 0.326 e. The number of aliphatic carboxylic acids is 1. The van der Waals surface area contributed by atoms with Crippen molar-refractivity contribution in [1.82, 2.24) is 5.32 Å². The molecule has 0 aliphatic heterocycles. The van der Waals surface area contributed by atoms with Gasteiger partial charge in [-0.3, -0.25) is 4.79 Å². The Bertz CT molecular complexity index is 683. The van der Waals surface area contributed by atoms with Crippen LogP contribution in [0, 0.1) is 0 Å². The number of methoxy groups -OCH3 is 1. The highest BCUT2D eigenvalue weighted by Gasteiger charge is 2.20. The third-order valence-corrected chi connectivity index (χ3v) is 3.94. The second-order valence-corrected chi connectivity index (χ2v) is 5.85. The number of nitrogens with one attached hydrogen (secondary N) is 1. The lowest BCUT2D eigenvalue weighted by molar-refractivity contribution is -0.141. The first-order chi connectivity index (χ1) is 12.1. The minimum atomic E-state index is -1.02. The zero-order valence-electron chi connectivity index (χ0n) is 14.3. The van der Waals surface area contributed by atoms with Crippen LogP contribution in [0.25, 0.3) is 0 Å². The van der Waals surface area contributed by atoms with Crippen LogP contribution in [0.4, 0.5) is 0 Å². The van der Waals surface area contributed by atoms with E-state index in [1.165, 1.54) is 0 Å². The molecule has 0 radical (unpaired) electrons. The highest BCUT2D eigenvalue weighted by molar-refractivity contribution is 5.83. The molecule has 0 saturated heterocycles. The topological polar surface area (TPSA) is 75.6 Å². The van der Waals surface area contributed by atoms with E-state index in [1.54, 1.807) is 7.11 Å². The molecule has 0 heterocycles. The Labute approximate surface area is 147 Å². The Hall–Kier alpha value is -2.82. The minimum Gasteiger partial charge on any atom is -0.497 e. The van der Waals surface area contributed by atoms with Crippen LogP contribution in [0.3, 0.4) is 0 Å². The molecule has 2 aromatic rings. The Balaban J connectivity index is 1.79. The number of carbonyl (C=O) groups is 2. The molecular weight excluding hydrogens is 318 g/mol. The second kappa shape index (κ2) is 9.47. The first kappa shape index (κ1) is 18.5. The van der Waals surface area contributed by atoms with Gasteiger partial charge in [0.05, 0.1) is 7.11 Å². The van der Waals surface area contributed by atoms with Crippen LogP contribution in [0.5, 0.6) is 5.75 Å². The van der Waals surface area contributed by atoms with Crippen LogP contribution < -0.4 is 10.1 Å². The zero-order chi connectivity index (χ0) is 18.1. The molecule has 0 bridgehead atoms. The van der Waals surface area contributed by atoms with Gasteiger partial charge in [-0.15, -0.1) is 0 Å². The summed E-state index contributed by atoms with van der Waals surface area (Å²) < 4.78 is 5.11. The summed E-state index contributed by atoms with van der Waals surface area (Å²) in [5.74, 6) is -0.462. The van der Waals surface area contributed by atoms with Crippen LogP contribution >= 0.6 is 0 Å². The molecule has 0 fully saturated rings. The van der Waals surface area contributed by atoms with Crippen LogP contribution in [0.15, 0.2) is 54.6 Å². The van der Waals surface area contributed by atoms with Crippen molar-refractivity contribution in [3.05, 3.63) is 65.7 Å². The molecular formula is C20H23NO4. The molecule has 5 heteroatoms. The molecule has 2 N–H and O–H groups in total. The molecule has 0 unspecified atom stereocenters. The Morgan fingerprint density at radius 2 is 1.72 bits per heavy atom. The standard InChI is InChI=1S/C20H23NO4/c1-25-17-12-10-15(11-13-17)8-5-9-19(22)21-18(20(23)24)14-16-6-3-2-4-7-16/h2-4,6-7,10-13,18H,5,8-9,14H2,1H3,(H,21,22)(H,23,24)/t18-/m1/s1. The Morgan fingerprint density at radius 1 is 1.04 bits per heavy atom. The van der Waals surface area contributed by atoms with E-state index in [9.17, 15) is 14.7 Å². The number of carboxylic acid groups (broad SMARTS) is 1. The lowest BCUT2D eigenvalue weighted by atomic mass is 10.0. The van der Waals surface area contributed by atoms with Crippen LogP contribution in [-0.4, -0.2) is 30.1 Å². The SMILES string of the molecule is COc1ccc(CCCC(=O)N[C@H](Cc2ccccc2)C(=O)O)cc1. The fraction of sp³-hybridized carbons (Fsp3) is 0.300. The number of aryl methyl sites for hydroxylation is 1. The van der Waals surface area contributed by atoms with Gasteiger partial charge in [0.15, 0.2) is 0 Å². The van der Waals surface area contributed by atoms with Crippen molar-refractivity contribution in [3.63, 3.8) is 0 Å². The van der Waals surface area contributed by atoms with Crippen LogP contribution in [0.1, 0.15) is 24.0 Å². The monoisotopic (exact) mass is 341 g/mol. The van der Waals surface area contributed by atoms with E-state index in [-0.39, 0.29) is 12.3 Å². The van der Waals surface area contributed by atoms with Gasteiger partial charge in [0, 0.05) is 12.8 Å². The molecule has 1 atom stereocenters. The third kappa shape index (κ3) is 6.30. The van der Waals surface area contributed by atoms with Gasteiger partial charge in [-0.2, -0.15) is 0 Å². The molecule has 1 amide bonds. The van der Waals surface area contributed by atoms with E-state index < -0.39 is 12.0 Å².